The van der Waals surface area contributed by atoms with Gasteiger partial charge in [-0.3, -0.25) is 4.79 Å². The zero-order valence-corrected chi connectivity index (χ0v) is 24.0. The van der Waals surface area contributed by atoms with E-state index in [4.69, 9.17) is 4.74 Å². The number of rotatable bonds is 9. The van der Waals surface area contributed by atoms with Crippen molar-refractivity contribution in [3.8, 4) is 5.69 Å². The second-order valence-corrected chi connectivity index (χ2v) is 11.4. The molecule has 0 aliphatic heterocycles. The van der Waals surface area contributed by atoms with Crippen molar-refractivity contribution in [2.45, 2.75) is 78.2 Å². The molecule has 39 heavy (non-hydrogen) atoms. The average Bonchev–Trinajstić information content (AvgIpc) is 3.38. The van der Waals surface area contributed by atoms with Crippen molar-refractivity contribution in [1.29, 1.82) is 0 Å². The van der Waals surface area contributed by atoms with Gasteiger partial charge in [-0.15, -0.1) is 0 Å². The molecule has 1 N–H and O–H groups in total. The fourth-order valence-corrected chi connectivity index (χ4v) is 5.85. The summed E-state index contributed by atoms with van der Waals surface area (Å²) >= 11 is 0. The zero-order valence-electron chi connectivity index (χ0n) is 24.0. The lowest BCUT2D eigenvalue weighted by Gasteiger charge is -2.36. The van der Waals surface area contributed by atoms with Gasteiger partial charge in [0, 0.05) is 18.2 Å². The van der Waals surface area contributed by atoms with Gasteiger partial charge in [0.1, 0.15) is 5.76 Å². The summed E-state index contributed by atoms with van der Waals surface area (Å²) in [6, 6.07) is 7.98. The van der Waals surface area contributed by atoms with Crippen LogP contribution < -0.4 is 4.90 Å². The maximum Gasteiger partial charge on any atom is 0.230 e. The Morgan fingerprint density at radius 3 is 2.41 bits per heavy atom. The van der Waals surface area contributed by atoms with Crippen molar-refractivity contribution in [2.24, 2.45) is 17.8 Å². The molecule has 2 saturated carbocycles. The van der Waals surface area contributed by atoms with Crippen molar-refractivity contribution in [2.75, 3.05) is 18.6 Å². The Bertz CT molecular complexity index is 1190. The minimum atomic E-state index is -0.283. The number of aliphatic hydroxyl groups is 1. The molecule has 0 radical (unpaired) electrons. The number of aromatic nitrogens is 3. The van der Waals surface area contributed by atoms with E-state index in [2.05, 4.69) is 22.9 Å². The number of carbonyl (C=O) groups is 1. The predicted molar refractivity (Wildman–Crippen MR) is 156 cm³/mol. The lowest BCUT2D eigenvalue weighted by molar-refractivity contribution is -0.124. The third kappa shape index (κ3) is 7.47. The van der Waals surface area contributed by atoms with Gasteiger partial charge in [-0.25, -0.2) is 0 Å². The highest BCUT2D eigenvalue weighted by Gasteiger charge is 2.32. The third-order valence-electron chi connectivity index (χ3n) is 8.26. The summed E-state index contributed by atoms with van der Waals surface area (Å²) in [5.74, 6) is 1.89. The fraction of sp³-hybridized carbons (Fsp3) is 0.531. The molecule has 0 bridgehead atoms. The molecule has 1 aromatic carbocycles. The predicted octanol–water partition coefficient (Wildman–Crippen LogP) is 6.32. The average molecular weight is 533 g/mol. The van der Waals surface area contributed by atoms with E-state index in [1.54, 1.807) is 18.1 Å². The van der Waals surface area contributed by atoms with E-state index >= 15 is 0 Å². The topological polar surface area (TPSA) is 80.5 Å². The number of aryl methyl sites for hydroxylation is 1. The normalized spacial score (nSPS) is 23.4. The van der Waals surface area contributed by atoms with E-state index in [0.717, 1.165) is 72.5 Å². The Hall–Kier alpha value is -3.19. The molecule has 2 aromatic rings. The first-order chi connectivity index (χ1) is 18.7. The molecule has 0 unspecified atom stereocenters. The number of benzene rings is 1. The monoisotopic (exact) mass is 532 g/mol. The lowest BCUT2D eigenvalue weighted by atomic mass is 9.78. The molecule has 0 atom stereocenters. The number of hydrogen-bond donors (Lipinski definition) is 1. The maximum atomic E-state index is 13.9. The van der Waals surface area contributed by atoms with Gasteiger partial charge in [-0.05, 0) is 114 Å². The van der Waals surface area contributed by atoms with E-state index in [9.17, 15) is 9.90 Å². The molecule has 210 valence electrons. The van der Waals surface area contributed by atoms with Gasteiger partial charge in [0.2, 0.25) is 5.91 Å². The van der Waals surface area contributed by atoms with Crippen LogP contribution in [0.1, 0.15) is 70.9 Å². The van der Waals surface area contributed by atoms with Gasteiger partial charge in [0.25, 0.3) is 0 Å². The summed E-state index contributed by atoms with van der Waals surface area (Å²) in [5.41, 5.74) is 4.87. The van der Waals surface area contributed by atoms with Crippen molar-refractivity contribution in [3.05, 3.63) is 71.8 Å². The first kappa shape index (κ1) is 28.8. The Morgan fingerprint density at radius 2 is 1.79 bits per heavy atom. The van der Waals surface area contributed by atoms with Gasteiger partial charge in [0.05, 0.1) is 30.8 Å². The van der Waals surface area contributed by atoms with Crippen LogP contribution in [0.2, 0.25) is 0 Å². The minimum absolute atomic E-state index is 0.0477. The summed E-state index contributed by atoms with van der Waals surface area (Å²) in [7, 11) is 1.70. The van der Waals surface area contributed by atoms with Crippen LogP contribution in [-0.2, 0) is 9.53 Å². The highest BCUT2D eigenvalue weighted by Crippen LogP contribution is 2.36. The first-order valence-electron chi connectivity index (χ1n) is 14.3. The van der Waals surface area contributed by atoms with Crippen molar-refractivity contribution >= 4 is 11.6 Å². The van der Waals surface area contributed by atoms with Crippen LogP contribution in [-0.4, -0.2) is 45.8 Å². The van der Waals surface area contributed by atoms with Crippen LogP contribution >= 0.6 is 0 Å². The molecule has 1 aromatic heterocycles. The number of carbonyl (C=O) groups excluding carboxylic acids is 1. The van der Waals surface area contributed by atoms with Gasteiger partial charge in [-0.2, -0.15) is 15.0 Å². The van der Waals surface area contributed by atoms with E-state index in [-0.39, 0.29) is 17.9 Å². The molecular weight excluding hydrogens is 488 g/mol. The second-order valence-electron chi connectivity index (χ2n) is 11.4. The van der Waals surface area contributed by atoms with Crippen LogP contribution in [0.25, 0.3) is 5.69 Å². The van der Waals surface area contributed by atoms with Crippen LogP contribution in [0.4, 0.5) is 5.69 Å². The molecular formula is C32H44N4O3. The molecule has 2 aliphatic carbocycles. The molecule has 7 heteroatoms. The highest BCUT2D eigenvalue weighted by molar-refractivity contribution is 5.95. The Labute approximate surface area is 233 Å². The Balaban J connectivity index is 1.47. The quantitative estimate of drug-likeness (QED) is 0.302. The van der Waals surface area contributed by atoms with Gasteiger partial charge >= 0.3 is 0 Å². The molecule has 2 fully saturated rings. The van der Waals surface area contributed by atoms with Crippen molar-refractivity contribution in [3.63, 3.8) is 0 Å². The summed E-state index contributed by atoms with van der Waals surface area (Å²) < 4.78 is 5.46. The largest absolute Gasteiger partial charge is 0.497 e. The molecule has 4 rings (SSSR count). The van der Waals surface area contributed by atoms with Gasteiger partial charge < -0.3 is 14.7 Å². The standard InChI is InChI=1S/C32H44N4O3/c1-22(2)31(39-5)18-9-23(3)26-12-10-25(11-13-26)21-35(32(38)27-14-16-30(37)17-15-27)28-7-6-8-29(19-28)36-33-20-24(4)34-36/h6-9,18-20,25-27,30,37H,3,10-17,21H2,1-2,4-5H3/b18-9-/t25-,26-,27-,30-. The molecule has 0 saturated heterocycles. The van der Waals surface area contributed by atoms with Crippen molar-refractivity contribution in [1.82, 2.24) is 15.0 Å². The minimum Gasteiger partial charge on any atom is -0.497 e. The SMILES string of the molecule is C=C(/C=C\C(OC)=C(C)C)[C@H]1CC[C@H](CN(c2cccc(-n3ncc(C)n3)c2)C(=O)[C@H]2CC[C@H](O)CC2)CC1. The Kier molecular flexibility index (Phi) is 9.78. The third-order valence-corrected chi connectivity index (χ3v) is 8.26. The van der Waals surface area contributed by atoms with Gasteiger partial charge in [0.15, 0.2) is 0 Å². The fourth-order valence-electron chi connectivity index (χ4n) is 5.85. The number of methoxy groups -OCH3 is 1. The molecule has 2 aliphatic rings. The number of aliphatic hydroxyl groups excluding tert-OH is 1. The number of ether oxygens (including phenoxy) is 1. The number of nitrogens with zero attached hydrogens (tertiary/aromatic N) is 4. The van der Waals surface area contributed by atoms with E-state index in [0.29, 0.717) is 31.2 Å². The maximum absolute atomic E-state index is 13.9. The lowest BCUT2D eigenvalue weighted by Crippen LogP contribution is -2.42. The molecule has 1 amide bonds. The molecule has 0 spiro atoms. The summed E-state index contributed by atoms with van der Waals surface area (Å²) in [6.07, 6.45) is 12.7. The number of hydrogen-bond acceptors (Lipinski definition) is 5. The Morgan fingerprint density at radius 1 is 1.10 bits per heavy atom. The van der Waals surface area contributed by atoms with Crippen LogP contribution in [0.5, 0.6) is 0 Å². The van der Waals surface area contributed by atoms with Gasteiger partial charge in [-0.1, -0.05) is 24.3 Å². The first-order valence-corrected chi connectivity index (χ1v) is 14.3. The molecule has 7 nitrogen and oxygen atoms in total. The summed E-state index contributed by atoms with van der Waals surface area (Å²) in [5, 5.41) is 18.8. The summed E-state index contributed by atoms with van der Waals surface area (Å²) in [6.45, 7) is 11.1. The summed E-state index contributed by atoms with van der Waals surface area (Å²) in [4.78, 5) is 17.5. The van der Waals surface area contributed by atoms with E-state index < -0.39 is 0 Å². The van der Waals surface area contributed by atoms with Crippen molar-refractivity contribution < 1.29 is 14.6 Å². The van der Waals surface area contributed by atoms with Crippen LogP contribution in [0.15, 0.2) is 66.1 Å². The second kappa shape index (κ2) is 13.2. The van der Waals surface area contributed by atoms with E-state index in [1.807, 2.05) is 56.0 Å². The number of anilines is 1. The van der Waals surface area contributed by atoms with E-state index in [1.165, 1.54) is 0 Å². The smallest absolute Gasteiger partial charge is 0.230 e. The number of amides is 1. The highest BCUT2D eigenvalue weighted by atomic mass is 16.5. The zero-order chi connectivity index (χ0) is 27.9. The molecule has 1 heterocycles. The number of allylic oxidation sites excluding steroid dienone is 4. The van der Waals surface area contributed by atoms with Crippen LogP contribution in [0.3, 0.4) is 0 Å². The van der Waals surface area contributed by atoms with Crippen LogP contribution in [0, 0.1) is 24.7 Å².